The van der Waals surface area contributed by atoms with E-state index in [-0.39, 0.29) is 18.8 Å². The molecular weight excluding hydrogens is 448 g/mol. The number of ether oxygens (including phenoxy) is 1. The van der Waals surface area contributed by atoms with E-state index in [1.54, 1.807) is 36.4 Å². The summed E-state index contributed by atoms with van der Waals surface area (Å²) >= 11 is 6.04. The fourth-order valence-electron chi connectivity index (χ4n) is 2.90. The number of methoxy groups -OCH3 is 1. The lowest BCUT2D eigenvalue weighted by Crippen LogP contribution is -2.36. The molecule has 3 rings (SSSR count). The molecule has 0 unspecified atom stereocenters. The van der Waals surface area contributed by atoms with E-state index < -0.39 is 17.7 Å². The molecule has 0 spiro atoms. The van der Waals surface area contributed by atoms with Gasteiger partial charge in [-0.3, -0.25) is 14.4 Å². The summed E-state index contributed by atoms with van der Waals surface area (Å²) in [7, 11) is 1.51. The van der Waals surface area contributed by atoms with Crippen LogP contribution in [0.1, 0.15) is 16.1 Å². The van der Waals surface area contributed by atoms with Gasteiger partial charge in [-0.05, 0) is 55.0 Å². The summed E-state index contributed by atoms with van der Waals surface area (Å²) < 4.78 is 10.3. The topological polar surface area (TPSA) is 122 Å². The molecule has 0 saturated carbocycles. The van der Waals surface area contributed by atoms with Crippen molar-refractivity contribution in [3.8, 4) is 5.75 Å². The zero-order chi connectivity index (χ0) is 23.8. The molecule has 0 saturated heterocycles. The van der Waals surface area contributed by atoms with Crippen molar-refractivity contribution in [1.29, 1.82) is 0 Å². The summed E-state index contributed by atoms with van der Waals surface area (Å²) in [4.78, 5) is 36.7. The first kappa shape index (κ1) is 23.7. The van der Waals surface area contributed by atoms with Crippen molar-refractivity contribution in [2.45, 2.75) is 6.92 Å². The van der Waals surface area contributed by atoms with Crippen LogP contribution in [0.25, 0.3) is 0 Å². The maximum atomic E-state index is 12.3. The first-order chi connectivity index (χ1) is 15.9. The van der Waals surface area contributed by atoms with Gasteiger partial charge in [-0.1, -0.05) is 17.7 Å². The van der Waals surface area contributed by atoms with Crippen LogP contribution in [-0.4, -0.2) is 37.9 Å². The molecule has 3 aromatic rings. The van der Waals surface area contributed by atoms with Crippen LogP contribution in [0.5, 0.6) is 5.75 Å². The molecule has 0 atom stereocenters. The Morgan fingerprint density at radius 3 is 2.48 bits per heavy atom. The smallest absolute Gasteiger partial charge is 0.291 e. The SMILES string of the molecule is COc1ccc(C)cc1NC(=O)CNC(=O)CNc1ccc(Cl)cc1NC(=O)c1ccco1. The van der Waals surface area contributed by atoms with Crippen molar-refractivity contribution >= 4 is 46.4 Å². The van der Waals surface area contributed by atoms with Crippen molar-refractivity contribution in [3.05, 3.63) is 71.1 Å². The number of furan rings is 1. The highest BCUT2D eigenvalue weighted by atomic mass is 35.5. The zero-order valence-corrected chi connectivity index (χ0v) is 18.8. The largest absolute Gasteiger partial charge is 0.495 e. The molecule has 9 nitrogen and oxygen atoms in total. The standard InChI is InChI=1S/C23H23ClN4O5/c1-14-5-8-19(32-2)18(10-14)27-22(30)13-26-21(29)12-25-16-7-6-15(24)11-17(16)28-23(31)20-4-3-9-33-20/h3-11,25H,12-13H2,1-2H3,(H,26,29)(H,27,30)(H,28,31). The average molecular weight is 471 g/mol. The van der Waals surface area contributed by atoms with Gasteiger partial charge >= 0.3 is 0 Å². The second-order valence-corrected chi connectivity index (χ2v) is 7.44. The molecule has 172 valence electrons. The Balaban J connectivity index is 1.53. The fourth-order valence-corrected chi connectivity index (χ4v) is 3.07. The highest BCUT2D eigenvalue weighted by Gasteiger charge is 2.14. The van der Waals surface area contributed by atoms with Crippen molar-refractivity contribution < 1.29 is 23.5 Å². The molecule has 0 aliphatic carbocycles. The van der Waals surface area contributed by atoms with Crippen molar-refractivity contribution in [2.24, 2.45) is 0 Å². The Kier molecular flexibility index (Phi) is 7.93. The minimum absolute atomic E-state index is 0.133. The summed E-state index contributed by atoms with van der Waals surface area (Å²) in [6.07, 6.45) is 1.39. The van der Waals surface area contributed by atoms with Crippen LogP contribution in [0.4, 0.5) is 17.1 Å². The maximum Gasteiger partial charge on any atom is 0.291 e. The number of amides is 3. The number of aryl methyl sites for hydroxylation is 1. The van der Waals surface area contributed by atoms with E-state index >= 15 is 0 Å². The van der Waals surface area contributed by atoms with Gasteiger partial charge in [0, 0.05) is 5.02 Å². The summed E-state index contributed by atoms with van der Waals surface area (Å²) in [5, 5.41) is 11.3. The predicted octanol–water partition coefficient (Wildman–Crippen LogP) is 3.67. The van der Waals surface area contributed by atoms with Gasteiger partial charge in [-0.15, -0.1) is 0 Å². The van der Waals surface area contributed by atoms with E-state index in [1.165, 1.54) is 19.4 Å². The van der Waals surface area contributed by atoms with Crippen LogP contribution in [0.3, 0.4) is 0 Å². The Bertz CT molecular complexity index is 1150. The molecule has 33 heavy (non-hydrogen) atoms. The lowest BCUT2D eigenvalue weighted by atomic mass is 10.2. The Morgan fingerprint density at radius 1 is 0.939 bits per heavy atom. The van der Waals surface area contributed by atoms with Gasteiger partial charge in [0.1, 0.15) is 5.75 Å². The number of benzene rings is 2. The van der Waals surface area contributed by atoms with Gasteiger partial charge in [0.15, 0.2) is 5.76 Å². The second-order valence-electron chi connectivity index (χ2n) is 7.00. The van der Waals surface area contributed by atoms with E-state index in [0.717, 1.165) is 5.56 Å². The Labute approximate surface area is 195 Å². The molecule has 1 aromatic heterocycles. The third kappa shape index (κ3) is 6.75. The molecule has 2 aromatic carbocycles. The zero-order valence-electron chi connectivity index (χ0n) is 18.0. The third-order valence-corrected chi connectivity index (χ3v) is 4.72. The summed E-state index contributed by atoms with van der Waals surface area (Å²) in [6, 6.07) is 13.3. The average Bonchev–Trinajstić information content (AvgIpc) is 3.32. The quantitative estimate of drug-likeness (QED) is 0.378. The predicted molar refractivity (Wildman–Crippen MR) is 126 cm³/mol. The molecule has 1 heterocycles. The molecule has 0 fully saturated rings. The van der Waals surface area contributed by atoms with E-state index in [4.69, 9.17) is 20.8 Å². The van der Waals surface area contributed by atoms with Gasteiger partial charge in [-0.25, -0.2) is 0 Å². The lowest BCUT2D eigenvalue weighted by Gasteiger charge is -2.14. The van der Waals surface area contributed by atoms with E-state index in [0.29, 0.717) is 27.8 Å². The fraction of sp³-hybridized carbons (Fsp3) is 0.174. The van der Waals surface area contributed by atoms with Crippen LogP contribution in [0.2, 0.25) is 5.02 Å². The number of carbonyl (C=O) groups excluding carboxylic acids is 3. The highest BCUT2D eigenvalue weighted by Crippen LogP contribution is 2.27. The molecular formula is C23H23ClN4O5. The molecule has 0 aliphatic rings. The number of hydrogen-bond donors (Lipinski definition) is 4. The number of carbonyl (C=O) groups is 3. The van der Waals surface area contributed by atoms with Crippen LogP contribution < -0.4 is 26.0 Å². The lowest BCUT2D eigenvalue weighted by molar-refractivity contribution is -0.122. The first-order valence-corrected chi connectivity index (χ1v) is 10.3. The normalized spacial score (nSPS) is 10.3. The van der Waals surface area contributed by atoms with Gasteiger partial charge in [0.2, 0.25) is 11.8 Å². The van der Waals surface area contributed by atoms with Crippen LogP contribution in [-0.2, 0) is 9.59 Å². The molecule has 3 amide bonds. The molecule has 4 N–H and O–H groups in total. The van der Waals surface area contributed by atoms with Gasteiger partial charge in [0.05, 0.1) is 43.5 Å². The van der Waals surface area contributed by atoms with Crippen molar-refractivity contribution in [1.82, 2.24) is 5.32 Å². The van der Waals surface area contributed by atoms with E-state index in [1.807, 2.05) is 13.0 Å². The van der Waals surface area contributed by atoms with Crippen molar-refractivity contribution in [3.63, 3.8) is 0 Å². The minimum Gasteiger partial charge on any atom is -0.495 e. The third-order valence-electron chi connectivity index (χ3n) is 4.49. The number of anilines is 3. The Hall–Kier alpha value is -3.98. The first-order valence-electron chi connectivity index (χ1n) is 9.95. The maximum absolute atomic E-state index is 12.3. The molecule has 10 heteroatoms. The van der Waals surface area contributed by atoms with Crippen LogP contribution in [0, 0.1) is 6.92 Å². The number of rotatable bonds is 9. The highest BCUT2D eigenvalue weighted by molar-refractivity contribution is 6.31. The number of nitrogens with one attached hydrogen (secondary N) is 4. The summed E-state index contributed by atoms with van der Waals surface area (Å²) in [6.45, 7) is 1.54. The van der Waals surface area contributed by atoms with Crippen molar-refractivity contribution in [2.75, 3.05) is 36.1 Å². The van der Waals surface area contributed by atoms with E-state index in [9.17, 15) is 14.4 Å². The van der Waals surface area contributed by atoms with E-state index in [2.05, 4.69) is 21.3 Å². The molecule has 0 aliphatic heterocycles. The second kappa shape index (κ2) is 11.1. The summed E-state index contributed by atoms with van der Waals surface area (Å²) in [5.41, 5.74) is 2.33. The Morgan fingerprint density at radius 2 is 1.76 bits per heavy atom. The van der Waals surface area contributed by atoms with Gasteiger partial charge < -0.3 is 30.4 Å². The monoisotopic (exact) mass is 470 g/mol. The number of halogens is 1. The molecule has 0 bridgehead atoms. The van der Waals surface area contributed by atoms with Crippen LogP contribution in [0.15, 0.2) is 59.2 Å². The number of hydrogen-bond acceptors (Lipinski definition) is 6. The minimum atomic E-state index is -0.460. The van der Waals surface area contributed by atoms with Gasteiger partial charge in [-0.2, -0.15) is 0 Å². The summed E-state index contributed by atoms with van der Waals surface area (Å²) in [5.74, 6) is -0.619. The molecule has 0 radical (unpaired) electrons. The van der Waals surface area contributed by atoms with Gasteiger partial charge in [0.25, 0.3) is 5.91 Å². The van der Waals surface area contributed by atoms with Crippen LogP contribution >= 0.6 is 11.6 Å².